The first-order valence-electron chi connectivity index (χ1n) is 9.36. The molecule has 0 bridgehead atoms. The summed E-state index contributed by atoms with van der Waals surface area (Å²) in [5.41, 5.74) is -1.43. The minimum atomic E-state index is -2.05. The number of fused-ring (bicyclic) bond motifs is 1. The molecule has 2 rings (SSSR count). The van der Waals surface area contributed by atoms with Crippen molar-refractivity contribution in [3.63, 3.8) is 0 Å². The molecule has 156 valence electrons. The van der Waals surface area contributed by atoms with Gasteiger partial charge in [0.1, 0.15) is 0 Å². The zero-order valence-electron chi connectivity index (χ0n) is 16.6. The maximum absolute atomic E-state index is 12.6. The number of hydrogen-bond donors (Lipinski definition) is 1. The number of rotatable bonds is 9. The topological polar surface area (TPSA) is 119 Å². The van der Waals surface area contributed by atoms with Gasteiger partial charge in [0.15, 0.2) is 0 Å². The van der Waals surface area contributed by atoms with Gasteiger partial charge in [-0.25, -0.2) is 9.59 Å². The molecule has 0 aromatic heterocycles. The molecule has 1 N–H and O–H groups in total. The van der Waals surface area contributed by atoms with Crippen molar-refractivity contribution in [1.29, 1.82) is 0 Å². The predicted molar refractivity (Wildman–Crippen MR) is 101 cm³/mol. The zero-order valence-corrected chi connectivity index (χ0v) is 16.6. The highest BCUT2D eigenvalue weighted by molar-refractivity contribution is 6.21. The van der Waals surface area contributed by atoms with Crippen LogP contribution < -0.4 is 5.32 Å². The van der Waals surface area contributed by atoms with E-state index in [0.29, 0.717) is 11.1 Å². The molecule has 0 fully saturated rings. The fraction of sp³-hybridized carbons (Fsp3) is 0.450. The van der Waals surface area contributed by atoms with Gasteiger partial charge in [0.05, 0.1) is 24.3 Å². The molecule has 9 nitrogen and oxygen atoms in total. The number of nitrogens with one attached hydrogen (secondary N) is 1. The van der Waals surface area contributed by atoms with Crippen LogP contribution in [0.15, 0.2) is 24.3 Å². The van der Waals surface area contributed by atoms with Gasteiger partial charge >= 0.3 is 11.9 Å². The summed E-state index contributed by atoms with van der Waals surface area (Å²) in [4.78, 5) is 62.8. The fourth-order valence-electron chi connectivity index (χ4n) is 3.21. The zero-order chi connectivity index (χ0) is 21.6. The molecule has 29 heavy (non-hydrogen) atoms. The number of carbonyl (C=O) groups is 5. The maximum Gasteiger partial charge on any atom is 0.343 e. The Morgan fingerprint density at radius 3 is 1.86 bits per heavy atom. The van der Waals surface area contributed by atoms with Gasteiger partial charge in [0, 0.05) is 13.5 Å². The maximum atomic E-state index is 12.6. The normalized spacial score (nSPS) is 13.1. The molecule has 1 aliphatic rings. The van der Waals surface area contributed by atoms with Crippen molar-refractivity contribution in [2.24, 2.45) is 0 Å². The summed E-state index contributed by atoms with van der Waals surface area (Å²) in [6, 6.07) is 6.45. The van der Waals surface area contributed by atoms with Gasteiger partial charge in [-0.15, -0.1) is 0 Å². The SMILES string of the molecule is CCOC(=O)C(CCCN1C(=O)c2ccccc2C1=O)(NC(C)=O)C(=O)OCC. The lowest BCUT2D eigenvalue weighted by Gasteiger charge is -2.30. The molecule has 0 radical (unpaired) electrons. The summed E-state index contributed by atoms with van der Waals surface area (Å²) in [6.45, 7) is 4.26. The molecule has 0 spiro atoms. The van der Waals surface area contributed by atoms with Crippen LogP contribution >= 0.6 is 0 Å². The number of imide groups is 1. The monoisotopic (exact) mass is 404 g/mol. The molecule has 0 saturated heterocycles. The van der Waals surface area contributed by atoms with Crippen LogP contribution in [0.4, 0.5) is 0 Å². The van der Waals surface area contributed by atoms with Crippen molar-refractivity contribution in [2.45, 2.75) is 39.2 Å². The average Bonchev–Trinajstić information content (AvgIpc) is 2.92. The number of amides is 3. The highest BCUT2D eigenvalue weighted by atomic mass is 16.6. The van der Waals surface area contributed by atoms with Crippen molar-refractivity contribution in [3.05, 3.63) is 35.4 Å². The van der Waals surface area contributed by atoms with Crippen LogP contribution in [-0.2, 0) is 23.9 Å². The molecule has 0 atom stereocenters. The van der Waals surface area contributed by atoms with E-state index < -0.39 is 35.2 Å². The van der Waals surface area contributed by atoms with E-state index in [1.807, 2.05) is 0 Å². The average molecular weight is 404 g/mol. The van der Waals surface area contributed by atoms with E-state index >= 15 is 0 Å². The minimum Gasteiger partial charge on any atom is -0.464 e. The summed E-state index contributed by atoms with van der Waals surface area (Å²) in [5, 5.41) is 2.35. The summed E-state index contributed by atoms with van der Waals surface area (Å²) < 4.78 is 9.98. The standard InChI is InChI=1S/C20H24N2O7/c1-4-28-18(26)20(21-13(3)23,19(27)29-5-2)11-8-12-22-16(24)14-9-6-7-10-15(14)17(22)25/h6-7,9-10H,4-5,8,11-12H2,1-3H3,(H,21,23). The summed E-state index contributed by atoms with van der Waals surface area (Å²) >= 11 is 0. The van der Waals surface area contributed by atoms with Gasteiger partial charge in [-0.3, -0.25) is 19.3 Å². The van der Waals surface area contributed by atoms with Gasteiger partial charge < -0.3 is 14.8 Å². The Balaban J connectivity index is 2.20. The minimum absolute atomic E-state index is 0.00200. The molecule has 3 amide bonds. The number of carbonyl (C=O) groups excluding carboxylic acids is 5. The third kappa shape index (κ3) is 4.44. The first-order valence-corrected chi connectivity index (χ1v) is 9.36. The van der Waals surface area contributed by atoms with Crippen molar-refractivity contribution >= 4 is 29.7 Å². The second kappa shape index (κ2) is 9.31. The lowest BCUT2D eigenvalue weighted by Crippen LogP contribution is -2.61. The van der Waals surface area contributed by atoms with E-state index in [0.717, 1.165) is 11.8 Å². The van der Waals surface area contributed by atoms with Gasteiger partial charge in [-0.2, -0.15) is 0 Å². The molecule has 1 heterocycles. The Labute approximate surface area is 168 Å². The van der Waals surface area contributed by atoms with E-state index in [1.54, 1.807) is 38.1 Å². The third-order valence-corrected chi connectivity index (χ3v) is 4.45. The Kier molecular flexibility index (Phi) is 7.08. The molecular weight excluding hydrogens is 380 g/mol. The van der Waals surface area contributed by atoms with Crippen molar-refractivity contribution in [2.75, 3.05) is 19.8 Å². The van der Waals surface area contributed by atoms with Crippen LogP contribution in [0.1, 0.15) is 54.3 Å². The molecule has 1 aromatic rings. The fourth-order valence-corrected chi connectivity index (χ4v) is 3.21. The lowest BCUT2D eigenvalue weighted by molar-refractivity contribution is -0.168. The lowest BCUT2D eigenvalue weighted by atomic mass is 9.92. The Morgan fingerprint density at radius 2 is 1.45 bits per heavy atom. The Hall–Kier alpha value is -3.23. The van der Waals surface area contributed by atoms with Crippen LogP contribution in [0.3, 0.4) is 0 Å². The van der Waals surface area contributed by atoms with Gasteiger partial charge in [-0.1, -0.05) is 12.1 Å². The molecular formula is C20H24N2O7. The first-order chi connectivity index (χ1) is 13.8. The van der Waals surface area contributed by atoms with Gasteiger partial charge in [0.2, 0.25) is 11.4 Å². The number of nitrogens with zero attached hydrogens (tertiary/aromatic N) is 1. The van der Waals surface area contributed by atoms with E-state index in [2.05, 4.69) is 5.32 Å². The largest absolute Gasteiger partial charge is 0.464 e. The number of esters is 2. The van der Waals surface area contributed by atoms with Gasteiger partial charge in [-0.05, 0) is 38.8 Å². The first kappa shape index (κ1) is 22.1. The van der Waals surface area contributed by atoms with Crippen LogP contribution in [0.5, 0.6) is 0 Å². The summed E-state index contributed by atoms with van der Waals surface area (Å²) in [7, 11) is 0. The van der Waals surface area contributed by atoms with E-state index in [4.69, 9.17) is 9.47 Å². The van der Waals surface area contributed by atoms with E-state index in [9.17, 15) is 24.0 Å². The predicted octanol–water partition coefficient (Wildman–Crippen LogP) is 1.06. The second-order valence-corrected chi connectivity index (χ2v) is 6.44. The van der Waals surface area contributed by atoms with Crippen LogP contribution in [0, 0.1) is 0 Å². The number of hydrogen-bond acceptors (Lipinski definition) is 7. The highest BCUT2D eigenvalue weighted by Gasteiger charge is 2.50. The van der Waals surface area contributed by atoms with Gasteiger partial charge in [0.25, 0.3) is 11.8 Å². The van der Waals surface area contributed by atoms with E-state index in [-0.39, 0.29) is 32.6 Å². The smallest absolute Gasteiger partial charge is 0.343 e. The number of ether oxygens (including phenoxy) is 2. The highest BCUT2D eigenvalue weighted by Crippen LogP contribution is 2.24. The quantitative estimate of drug-likeness (QED) is 0.371. The molecule has 0 unspecified atom stereocenters. The second-order valence-electron chi connectivity index (χ2n) is 6.44. The molecule has 0 aliphatic carbocycles. The molecule has 1 aliphatic heterocycles. The molecule has 1 aromatic carbocycles. The van der Waals surface area contributed by atoms with Crippen molar-refractivity contribution < 1.29 is 33.4 Å². The third-order valence-electron chi connectivity index (χ3n) is 4.45. The molecule has 0 saturated carbocycles. The van der Waals surface area contributed by atoms with Crippen molar-refractivity contribution in [3.8, 4) is 0 Å². The summed E-state index contributed by atoms with van der Waals surface area (Å²) in [5.74, 6) is -3.40. The summed E-state index contributed by atoms with van der Waals surface area (Å²) in [6.07, 6.45) is -0.124. The molecule has 9 heteroatoms. The van der Waals surface area contributed by atoms with Crippen LogP contribution in [0.25, 0.3) is 0 Å². The van der Waals surface area contributed by atoms with Crippen molar-refractivity contribution in [1.82, 2.24) is 10.2 Å². The van der Waals surface area contributed by atoms with E-state index in [1.165, 1.54) is 0 Å². The Morgan fingerprint density at radius 1 is 0.966 bits per heavy atom. The van der Waals surface area contributed by atoms with Crippen LogP contribution in [0.2, 0.25) is 0 Å². The number of benzene rings is 1. The van der Waals surface area contributed by atoms with Crippen LogP contribution in [-0.4, -0.2) is 59.9 Å². The Bertz CT molecular complexity index is 781.